The summed E-state index contributed by atoms with van der Waals surface area (Å²) in [5, 5.41) is 2.59. The zero-order valence-corrected chi connectivity index (χ0v) is 14.8. The lowest BCUT2D eigenvalue weighted by Gasteiger charge is -2.35. The van der Waals surface area contributed by atoms with Crippen LogP contribution in [0, 0.1) is 5.92 Å². The number of thiazole rings is 1. The zero-order chi connectivity index (χ0) is 17.8. The monoisotopic (exact) mass is 368 g/mol. The molecule has 3 fully saturated rings. The van der Waals surface area contributed by atoms with Crippen molar-refractivity contribution in [3.05, 3.63) is 47.1 Å². The molecule has 0 radical (unpaired) electrons. The Hall–Kier alpha value is -2.74. The van der Waals surface area contributed by atoms with Gasteiger partial charge in [0.2, 0.25) is 0 Å². The minimum Gasteiger partial charge on any atom is -0.447 e. The molecule has 132 valence electrons. The minimum absolute atomic E-state index is 0.00231. The van der Waals surface area contributed by atoms with Crippen LogP contribution in [0.5, 0.6) is 0 Å². The predicted octanol–water partition coefficient (Wildman–Crippen LogP) is 2.27. The van der Waals surface area contributed by atoms with Crippen molar-refractivity contribution in [1.82, 2.24) is 20.2 Å². The van der Waals surface area contributed by atoms with Gasteiger partial charge >= 0.3 is 0 Å². The van der Waals surface area contributed by atoms with Crippen LogP contribution < -0.4 is 5.32 Å². The Balaban J connectivity index is 1.46. The van der Waals surface area contributed by atoms with Crippen molar-refractivity contribution < 1.29 is 14.0 Å². The van der Waals surface area contributed by atoms with Crippen LogP contribution in [0.25, 0.3) is 10.2 Å². The smallest absolute Gasteiger partial charge is 0.273 e. The van der Waals surface area contributed by atoms with Gasteiger partial charge in [-0.05, 0) is 24.5 Å². The van der Waals surface area contributed by atoms with E-state index in [1.165, 1.54) is 17.7 Å². The van der Waals surface area contributed by atoms with Crippen molar-refractivity contribution in [3.63, 3.8) is 0 Å². The van der Waals surface area contributed by atoms with Crippen molar-refractivity contribution in [2.45, 2.75) is 18.4 Å². The second-order valence-electron chi connectivity index (χ2n) is 6.70. The van der Waals surface area contributed by atoms with E-state index in [0.717, 1.165) is 16.6 Å². The second kappa shape index (κ2) is 5.63. The van der Waals surface area contributed by atoms with Gasteiger partial charge in [-0.2, -0.15) is 0 Å². The molecule has 2 bridgehead atoms. The first kappa shape index (κ1) is 15.5. The van der Waals surface area contributed by atoms with Gasteiger partial charge in [0.25, 0.3) is 11.8 Å². The van der Waals surface area contributed by atoms with E-state index in [9.17, 15) is 9.59 Å². The molecule has 1 saturated carbocycles. The van der Waals surface area contributed by atoms with Gasteiger partial charge in [-0.3, -0.25) is 9.59 Å². The number of oxazole rings is 1. The average Bonchev–Trinajstić information content (AvgIpc) is 3.41. The summed E-state index contributed by atoms with van der Waals surface area (Å²) in [6.07, 6.45) is 2.23. The predicted molar refractivity (Wildman–Crippen MR) is 95.2 cm³/mol. The molecule has 26 heavy (non-hydrogen) atoms. The molecule has 3 unspecified atom stereocenters. The van der Waals surface area contributed by atoms with E-state index in [2.05, 4.69) is 15.3 Å². The van der Waals surface area contributed by atoms with Crippen molar-refractivity contribution in [3.8, 4) is 0 Å². The van der Waals surface area contributed by atoms with Crippen LogP contribution in [-0.2, 0) is 0 Å². The molecule has 0 spiro atoms. The molecule has 1 aliphatic carbocycles. The molecule has 2 amide bonds. The zero-order valence-electron chi connectivity index (χ0n) is 14.0. The van der Waals surface area contributed by atoms with E-state index in [-0.39, 0.29) is 23.8 Å². The highest BCUT2D eigenvalue weighted by molar-refractivity contribution is 7.16. The summed E-state index contributed by atoms with van der Waals surface area (Å²) in [5.74, 6) is 0.661. The molecule has 7 nitrogen and oxygen atoms in total. The lowest BCUT2D eigenvalue weighted by atomic mass is 9.72. The molecule has 2 aliphatic heterocycles. The summed E-state index contributed by atoms with van der Waals surface area (Å²) in [6, 6.07) is 5.74. The van der Waals surface area contributed by atoms with Crippen LogP contribution in [0.1, 0.15) is 38.9 Å². The largest absolute Gasteiger partial charge is 0.447 e. The molecular weight excluding hydrogens is 352 g/mol. The van der Waals surface area contributed by atoms with Crippen LogP contribution >= 0.6 is 11.3 Å². The molecule has 4 heterocycles. The number of carbonyl (C=O) groups is 2. The van der Waals surface area contributed by atoms with Crippen LogP contribution in [-0.4, -0.2) is 46.3 Å². The van der Waals surface area contributed by atoms with Gasteiger partial charge in [0.1, 0.15) is 5.76 Å². The Morgan fingerprint density at radius 3 is 3.08 bits per heavy atom. The van der Waals surface area contributed by atoms with Crippen LogP contribution in [0.3, 0.4) is 0 Å². The van der Waals surface area contributed by atoms with Crippen LogP contribution in [0.15, 0.2) is 34.5 Å². The van der Waals surface area contributed by atoms with E-state index in [1.807, 2.05) is 23.1 Å². The third kappa shape index (κ3) is 2.05. The first-order valence-electron chi connectivity index (χ1n) is 8.47. The van der Waals surface area contributed by atoms with Crippen LogP contribution in [0.4, 0.5) is 0 Å². The van der Waals surface area contributed by atoms with E-state index in [1.54, 1.807) is 12.6 Å². The van der Waals surface area contributed by atoms with Gasteiger partial charge in [0, 0.05) is 25.6 Å². The van der Waals surface area contributed by atoms with Gasteiger partial charge in [0.05, 0.1) is 21.3 Å². The second-order valence-corrected chi connectivity index (χ2v) is 7.58. The summed E-state index contributed by atoms with van der Waals surface area (Å²) in [7, 11) is 1.57. The number of benzene rings is 1. The van der Waals surface area contributed by atoms with E-state index in [0.29, 0.717) is 29.5 Å². The fraction of sp³-hybridized carbons (Fsp3) is 0.333. The molecule has 2 saturated heterocycles. The SMILES string of the molecule is CNC(=O)c1ncoc1C1C2CC1N(C(=O)c1cccc3scnc13)C2. The maximum absolute atomic E-state index is 13.2. The van der Waals surface area contributed by atoms with Gasteiger partial charge in [-0.25, -0.2) is 9.97 Å². The highest BCUT2D eigenvalue weighted by Crippen LogP contribution is 2.53. The molecule has 3 aromatic rings. The van der Waals surface area contributed by atoms with Crippen molar-refractivity contribution in [2.24, 2.45) is 5.92 Å². The maximum Gasteiger partial charge on any atom is 0.273 e. The van der Waals surface area contributed by atoms with E-state index < -0.39 is 0 Å². The Bertz CT molecular complexity index is 1030. The molecule has 1 N–H and O–H groups in total. The fourth-order valence-electron chi connectivity index (χ4n) is 4.24. The van der Waals surface area contributed by atoms with Gasteiger partial charge < -0.3 is 14.6 Å². The number of nitrogens with one attached hydrogen (secondary N) is 1. The summed E-state index contributed by atoms with van der Waals surface area (Å²) in [5.41, 5.74) is 3.48. The lowest BCUT2D eigenvalue weighted by molar-refractivity contribution is 0.0731. The standard InChI is InChI=1S/C18H16N4O3S/c1-19-17(23)15-16(25-7-20-15)13-9-5-11(13)22(6-9)18(24)10-3-2-4-12-14(10)21-8-26-12/h2-4,7-9,11,13H,5-6H2,1H3,(H,19,23). The molecule has 6 rings (SSSR count). The third-order valence-corrected chi connectivity index (χ3v) is 6.28. The maximum atomic E-state index is 13.2. The number of hydrogen-bond donors (Lipinski definition) is 1. The Kier molecular flexibility index (Phi) is 3.36. The highest BCUT2D eigenvalue weighted by atomic mass is 32.1. The fourth-order valence-corrected chi connectivity index (χ4v) is 4.94. The first-order chi connectivity index (χ1) is 12.7. The molecule has 3 aliphatic rings. The van der Waals surface area contributed by atoms with E-state index in [4.69, 9.17) is 4.42 Å². The lowest BCUT2D eigenvalue weighted by Crippen LogP contribution is -2.40. The number of amides is 2. The third-order valence-electron chi connectivity index (χ3n) is 5.49. The topological polar surface area (TPSA) is 88.3 Å². The summed E-state index contributed by atoms with van der Waals surface area (Å²) in [6.45, 7) is 0.669. The molecule has 2 aromatic heterocycles. The molecule has 1 aromatic carbocycles. The van der Waals surface area contributed by atoms with Crippen molar-refractivity contribution in [2.75, 3.05) is 13.6 Å². The van der Waals surface area contributed by atoms with Crippen molar-refractivity contribution >= 4 is 33.4 Å². The van der Waals surface area contributed by atoms with Gasteiger partial charge in [-0.1, -0.05) is 6.07 Å². The van der Waals surface area contributed by atoms with Gasteiger partial charge in [-0.15, -0.1) is 11.3 Å². The molecular formula is C18H16N4O3S. The number of nitrogens with zero attached hydrogens (tertiary/aromatic N) is 3. The van der Waals surface area contributed by atoms with E-state index >= 15 is 0 Å². The van der Waals surface area contributed by atoms with Crippen LogP contribution in [0.2, 0.25) is 0 Å². The Morgan fingerprint density at radius 2 is 2.23 bits per heavy atom. The summed E-state index contributed by atoms with van der Waals surface area (Å²) >= 11 is 1.53. The van der Waals surface area contributed by atoms with Crippen molar-refractivity contribution in [1.29, 1.82) is 0 Å². The summed E-state index contributed by atoms with van der Waals surface area (Å²) in [4.78, 5) is 35.5. The average molecular weight is 368 g/mol. The normalized spacial score (nSPS) is 23.9. The summed E-state index contributed by atoms with van der Waals surface area (Å²) < 4.78 is 6.55. The quantitative estimate of drug-likeness (QED) is 0.766. The Labute approximate surface area is 153 Å². The minimum atomic E-state index is -0.259. The Morgan fingerprint density at radius 1 is 1.35 bits per heavy atom. The van der Waals surface area contributed by atoms with Gasteiger partial charge in [0.15, 0.2) is 12.1 Å². The molecule has 8 heteroatoms. The molecule has 3 atom stereocenters. The number of aromatic nitrogens is 2. The number of carbonyl (C=O) groups excluding carboxylic acids is 2. The number of fused-ring (bicyclic) bond motifs is 2. The number of para-hydroxylation sites is 1. The number of rotatable bonds is 3. The first-order valence-corrected chi connectivity index (χ1v) is 9.35. The highest BCUT2D eigenvalue weighted by Gasteiger charge is 2.56. The number of hydrogen-bond acceptors (Lipinski definition) is 6.